The van der Waals surface area contributed by atoms with E-state index in [-0.39, 0.29) is 11.4 Å². The van der Waals surface area contributed by atoms with Crippen LogP contribution >= 0.6 is 11.3 Å². The molecule has 0 unspecified atom stereocenters. The Hall–Kier alpha value is -3.50. The van der Waals surface area contributed by atoms with Crippen LogP contribution in [0.25, 0.3) is 10.2 Å². The highest BCUT2D eigenvalue weighted by Crippen LogP contribution is 2.32. The molecule has 0 aliphatic heterocycles. The number of fused-ring (bicyclic) bond motifs is 1. The van der Waals surface area contributed by atoms with Crippen molar-refractivity contribution in [1.29, 1.82) is 0 Å². The topological polar surface area (TPSA) is 98.7 Å². The van der Waals surface area contributed by atoms with Gasteiger partial charge in [0.25, 0.3) is 0 Å². The number of ether oxygens (including phenoxy) is 2. The molecule has 4 rings (SSSR count). The molecule has 0 atom stereocenters. The van der Waals surface area contributed by atoms with Crippen LogP contribution in [-0.2, 0) is 21.2 Å². The molecule has 0 spiro atoms. The monoisotopic (exact) mass is 483 g/mol. The molecule has 4 aromatic rings. The van der Waals surface area contributed by atoms with Gasteiger partial charge in [-0.05, 0) is 54.1 Å². The number of sulfone groups is 1. The molecule has 0 bridgehead atoms. The van der Waals surface area contributed by atoms with E-state index in [1.807, 2.05) is 12.1 Å². The molecule has 0 N–H and O–H groups in total. The fourth-order valence-electron chi connectivity index (χ4n) is 3.18. The molecule has 2 aromatic heterocycles. The van der Waals surface area contributed by atoms with Crippen molar-refractivity contribution < 1.29 is 22.7 Å². The number of carbonyl (C=O) groups is 1. The van der Waals surface area contributed by atoms with Crippen molar-refractivity contribution in [3.63, 3.8) is 0 Å². The number of pyridine rings is 1. The van der Waals surface area contributed by atoms with Crippen molar-refractivity contribution in [1.82, 2.24) is 9.97 Å². The molecule has 0 aliphatic rings. The van der Waals surface area contributed by atoms with E-state index in [2.05, 4.69) is 9.97 Å². The van der Waals surface area contributed by atoms with Gasteiger partial charge in [-0.3, -0.25) is 14.7 Å². The lowest BCUT2D eigenvalue weighted by molar-refractivity contribution is -0.116. The number of aromatic nitrogens is 2. The van der Waals surface area contributed by atoms with Gasteiger partial charge in [-0.1, -0.05) is 11.3 Å². The number of thiazole rings is 1. The number of rotatable bonds is 8. The summed E-state index contributed by atoms with van der Waals surface area (Å²) in [7, 11) is -0.808. The van der Waals surface area contributed by atoms with Crippen molar-refractivity contribution in [2.24, 2.45) is 0 Å². The molecule has 0 saturated heterocycles. The number of benzene rings is 2. The van der Waals surface area contributed by atoms with Gasteiger partial charge in [0, 0.05) is 18.5 Å². The lowest BCUT2D eigenvalue weighted by Crippen LogP contribution is -2.35. The lowest BCUT2D eigenvalue weighted by Gasteiger charge is -2.20. The zero-order valence-corrected chi connectivity index (χ0v) is 19.6. The second kappa shape index (κ2) is 9.55. The molecule has 8 nitrogen and oxygen atoms in total. The van der Waals surface area contributed by atoms with Gasteiger partial charge in [-0.25, -0.2) is 13.4 Å². The molecule has 0 radical (unpaired) electrons. The summed E-state index contributed by atoms with van der Waals surface area (Å²) in [5.41, 5.74) is 1.47. The van der Waals surface area contributed by atoms with Crippen LogP contribution in [0.4, 0.5) is 5.13 Å². The second-order valence-electron chi connectivity index (χ2n) is 7.10. The van der Waals surface area contributed by atoms with Gasteiger partial charge in [0.05, 0.1) is 35.9 Å². The molecular weight excluding hydrogens is 462 g/mol. The first-order valence-electron chi connectivity index (χ1n) is 9.90. The molecule has 2 aromatic carbocycles. The van der Waals surface area contributed by atoms with Gasteiger partial charge < -0.3 is 9.47 Å². The molecule has 10 heteroatoms. The van der Waals surface area contributed by atoms with E-state index < -0.39 is 21.5 Å². The third-order valence-corrected chi connectivity index (χ3v) is 7.61. The first-order valence-corrected chi connectivity index (χ1v) is 12.4. The average Bonchev–Trinajstić information content (AvgIpc) is 3.25. The van der Waals surface area contributed by atoms with Crippen LogP contribution in [0.15, 0.2) is 71.9 Å². The van der Waals surface area contributed by atoms with E-state index >= 15 is 0 Å². The Balaban J connectivity index is 1.67. The Kier molecular flexibility index (Phi) is 6.57. The van der Waals surface area contributed by atoms with Gasteiger partial charge in [0.1, 0.15) is 17.3 Å². The zero-order chi connectivity index (χ0) is 23.4. The third-order valence-electron chi connectivity index (χ3n) is 4.94. The van der Waals surface area contributed by atoms with E-state index in [0.29, 0.717) is 22.1 Å². The first kappa shape index (κ1) is 22.7. The van der Waals surface area contributed by atoms with Crippen LogP contribution in [-0.4, -0.2) is 44.3 Å². The molecule has 0 aliphatic carbocycles. The summed E-state index contributed by atoms with van der Waals surface area (Å²) < 4.78 is 37.1. The maximum absolute atomic E-state index is 13.3. The highest BCUT2D eigenvalue weighted by atomic mass is 32.2. The van der Waals surface area contributed by atoms with E-state index in [4.69, 9.17) is 9.47 Å². The number of hydrogen-bond acceptors (Lipinski definition) is 8. The van der Waals surface area contributed by atoms with Crippen molar-refractivity contribution in [2.75, 3.05) is 24.9 Å². The maximum Gasteiger partial charge on any atom is 0.244 e. The minimum Gasteiger partial charge on any atom is -0.497 e. The maximum atomic E-state index is 13.3. The molecule has 1 amide bonds. The highest BCUT2D eigenvalue weighted by molar-refractivity contribution is 7.92. The third kappa shape index (κ3) is 5.12. The summed E-state index contributed by atoms with van der Waals surface area (Å²) in [4.78, 5) is 23.3. The van der Waals surface area contributed by atoms with Gasteiger partial charge in [-0.2, -0.15) is 0 Å². The van der Waals surface area contributed by atoms with Crippen LogP contribution in [0.3, 0.4) is 0 Å². The predicted octanol–water partition coefficient (Wildman–Crippen LogP) is 3.72. The molecule has 170 valence electrons. The number of methoxy groups -OCH3 is 2. The van der Waals surface area contributed by atoms with Crippen molar-refractivity contribution in [2.45, 2.75) is 11.4 Å². The highest BCUT2D eigenvalue weighted by Gasteiger charge is 2.27. The average molecular weight is 484 g/mol. The summed E-state index contributed by atoms with van der Waals surface area (Å²) in [6, 6.07) is 14.9. The van der Waals surface area contributed by atoms with Crippen molar-refractivity contribution in [3.8, 4) is 11.5 Å². The number of amides is 1. The Labute approximate surface area is 195 Å². The number of nitrogens with zero attached hydrogens (tertiary/aromatic N) is 3. The summed E-state index contributed by atoms with van der Waals surface area (Å²) in [6.45, 7) is 0.163. The standard InChI is InChI=1S/C23H21N3O5S2/c1-30-17-3-6-19(7-4-17)33(28,29)15-22(27)26(14-16-9-11-24-12-10-16)23-25-20-13-18(31-2)5-8-21(20)32-23/h3-13H,14-15H2,1-2H3. The molecule has 0 saturated carbocycles. The molecule has 2 heterocycles. The summed E-state index contributed by atoms with van der Waals surface area (Å²) >= 11 is 1.31. The minimum atomic E-state index is -3.87. The van der Waals surface area contributed by atoms with Gasteiger partial charge >= 0.3 is 0 Å². The quantitative estimate of drug-likeness (QED) is 0.377. The number of anilines is 1. The fourth-order valence-corrected chi connectivity index (χ4v) is 5.34. The Morgan fingerprint density at radius 1 is 0.970 bits per heavy atom. The van der Waals surface area contributed by atoms with Gasteiger partial charge in [0.2, 0.25) is 5.91 Å². The van der Waals surface area contributed by atoms with Crippen molar-refractivity contribution >= 4 is 42.4 Å². The Morgan fingerprint density at radius 3 is 2.30 bits per heavy atom. The molecular formula is C23H21N3O5S2. The Morgan fingerprint density at radius 2 is 1.64 bits per heavy atom. The second-order valence-corrected chi connectivity index (χ2v) is 10.1. The van der Waals surface area contributed by atoms with E-state index in [1.165, 1.54) is 35.5 Å². The lowest BCUT2D eigenvalue weighted by atomic mass is 10.2. The summed E-state index contributed by atoms with van der Waals surface area (Å²) in [5.74, 6) is -0.0875. The van der Waals surface area contributed by atoms with E-state index in [1.54, 1.807) is 49.8 Å². The Bertz CT molecular complexity index is 1370. The number of carbonyl (C=O) groups excluding carboxylic acids is 1. The predicted molar refractivity (Wildman–Crippen MR) is 127 cm³/mol. The van der Waals surface area contributed by atoms with Crippen LogP contribution in [0, 0.1) is 0 Å². The van der Waals surface area contributed by atoms with Crippen LogP contribution < -0.4 is 14.4 Å². The van der Waals surface area contributed by atoms with Crippen LogP contribution in [0.1, 0.15) is 5.56 Å². The van der Waals surface area contributed by atoms with E-state index in [0.717, 1.165) is 10.3 Å². The van der Waals surface area contributed by atoms with Gasteiger partial charge in [-0.15, -0.1) is 0 Å². The zero-order valence-electron chi connectivity index (χ0n) is 18.0. The normalized spacial score (nSPS) is 11.3. The largest absolute Gasteiger partial charge is 0.497 e. The smallest absolute Gasteiger partial charge is 0.244 e. The fraction of sp³-hybridized carbons (Fsp3) is 0.174. The van der Waals surface area contributed by atoms with E-state index in [9.17, 15) is 13.2 Å². The first-order chi connectivity index (χ1) is 15.9. The minimum absolute atomic E-state index is 0.0505. The van der Waals surface area contributed by atoms with Gasteiger partial charge in [0.15, 0.2) is 15.0 Å². The SMILES string of the molecule is COc1ccc(S(=O)(=O)CC(=O)N(Cc2ccncc2)c2nc3cc(OC)ccc3s2)cc1. The summed E-state index contributed by atoms with van der Waals surface area (Å²) in [6.07, 6.45) is 3.24. The number of hydrogen-bond donors (Lipinski definition) is 0. The molecule has 0 fully saturated rings. The van der Waals surface area contributed by atoms with Crippen molar-refractivity contribution in [3.05, 3.63) is 72.6 Å². The van der Waals surface area contributed by atoms with Crippen LogP contribution in [0.2, 0.25) is 0 Å². The summed E-state index contributed by atoms with van der Waals surface area (Å²) in [5, 5.41) is 0.407. The molecule has 33 heavy (non-hydrogen) atoms. The van der Waals surface area contributed by atoms with Crippen LogP contribution in [0.5, 0.6) is 11.5 Å².